The maximum Gasteiger partial charge on any atom is 0.379 e. The van der Waals surface area contributed by atoms with Gasteiger partial charge in [0.25, 0.3) is 5.78 Å². The summed E-state index contributed by atoms with van der Waals surface area (Å²) < 4.78 is 4.50. The summed E-state index contributed by atoms with van der Waals surface area (Å²) in [6.07, 6.45) is 2.24. The first kappa shape index (κ1) is 12.9. The number of carbonyl (C=O) groups is 2. The fourth-order valence-electron chi connectivity index (χ4n) is 1.09. The van der Waals surface area contributed by atoms with Gasteiger partial charge in [-0.05, 0) is 26.0 Å². The number of hydrogen-bond acceptors (Lipinski definition) is 5. The third-order valence-electron chi connectivity index (χ3n) is 1.95. The lowest BCUT2D eigenvalue weighted by atomic mass is 10.2. The molecule has 0 saturated heterocycles. The molecule has 5 nitrogen and oxygen atoms in total. The van der Waals surface area contributed by atoms with Crippen molar-refractivity contribution < 1.29 is 19.4 Å². The smallest absolute Gasteiger partial charge is 0.379 e. The van der Waals surface area contributed by atoms with Crippen LogP contribution in [-0.4, -0.2) is 28.4 Å². The van der Waals surface area contributed by atoms with Gasteiger partial charge in [0.1, 0.15) is 5.76 Å². The zero-order valence-corrected chi connectivity index (χ0v) is 9.64. The number of pyridine rings is 1. The molecule has 0 aliphatic carbocycles. The Labute approximate surface area is 98.7 Å². The minimum absolute atomic E-state index is 0.116. The van der Waals surface area contributed by atoms with E-state index in [1.165, 1.54) is 6.20 Å². The molecule has 0 aromatic carbocycles. The van der Waals surface area contributed by atoms with Crippen LogP contribution in [0.3, 0.4) is 0 Å². The molecule has 1 heterocycles. The van der Waals surface area contributed by atoms with Crippen molar-refractivity contribution in [3.05, 3.63) is 35.7 Å². The van der Waals surface area contributed by atoms with Crippen LogP contribution in [0.15, 0.2) is 24.4 Å². The third kappa shape index (κ3) is 3.71. The maximum absolute atomic E-state index is 11.3. The van der Waals surface area contributed by atoms with E-state index in [9.17, 15) is 14.7 Å². The minimum Gasteiger partial charge on any atom is -0.507 e. The Morgan fingerprint density at radius 1 is 1.47 bits per heavy atom. The number of rotatable bonds is 4. The van der Waals surface area contributed by atoms with E-state index in [2.05, 4.69) is 9.72 Å². The molecular formula is C12H13NO4. The average Bonchev–Trinajstić information content (AvgIpc) is 2.30. The molecule has 1 N–H and O–H groups in total. The predicted molar refractivity (Wildman–Crippen MR) is 61.2 cm³/mol. The predicted octanol–water partition coefficient (Wildman–Crippen LogP) is 1.42. The molecule has 1 aromatic rings. The van der Waals surface area contributed by atoms with Crippen LogP contribution in [0.2, 0.25) is 0 Å². The lowest BCUT2D eigenvalue weighted by molar-refractivity contribution is -0.151. The molecule has 0 aliphatic rings. The van der Waals surface area contributed by atoms with Gasteiger partial charge in [-0.1, -0.05) is 0 Å². The van der Waals surface area contributed by atoms with E-state index in [0.717, 1.165) is 11.8 Å². The molecule has 0 aliphatic heterocycles. The molecule has 0 amide bonds. The number of carbonyl (C=O) groups excluding carboxylic acids is 2. The second-order valence-electron chi connectivity index (χ2n) is 3.30. The van der Waals surface area contributed by atoms with Crippen LogP contribution >= 0.6 is 0 Å². The van der Waals surface area contributed by atoms with Crippen LogP contribution in [-0.2, 0) is 14.3 Å². The standard InChI is InChI=1S/C12H13NO4/c1-3-17-12(16)11(15)6-10(14)9-5-4-8(2)13-7-9/h4-7,14H,3H2,1-2H3/b10-6+. The molecule has 0 unspecified atom stereocenters. The Morgan fingerprint density at radius 2 is 2.18 bits per heavy atom. The van der Waals surface area contributed by atoms with Crippen LogP contribution in [0.25, 0.3) is 5.76 Å². The van der Waals surface area contributed by atoms with Gasteiger partial charge in [0.05, 0.1) is 6.61 Å². The van der Waals surface area contributed by atoms with Gasteiger partial charge in [-0.3, -0.25) is 9.78 Å². The summed E-state index contributed by atoms with van der Waals surface area (Å²) in [5.41, 5.74) is 1.16. The van der Waals surface area contributed by atoms with Crippen molar-refractivity contribution >= 4 is 17.5 Å². The quantitative estimate of drug-likeness (QED) is 0.369. The second kappa shape index (κ2) is 5.79. The van der Waals surface area contributed by atoms with Crippen molar-refractivity contribution in [3.8, 4) is 0 Å². The van der Waals surface area contributed by atoms with E-state index < -0.39 is 11.8 Å². The van der Waals surface area contributed by atoms with Gasteiger partial charge in [-0.2, -0.15) is 0 Å². The summed E-state index contributed by atoms with van der Waals surface area (Å²) in [4.78, 5) is 26.2. The third-order valence-corrected chi connectivity index (χ3v) is 1.95. The van der Waals surface area contributed by atoms with Crippen LogP contribution in [0, 0.1) is 6.92 Å². The maximum atomic E-state index is 11.3. The molecule has 0 saturated carbocycles. The lowest BCUT2D eigenvalue weighted by Gasteiger charge is -2.00. The molecule has 90 valence electrons. The number of esters is 1. The van der Waals surface area contributed by atoms with Crippen LogP contribution in [0.5, 0.6) is 0 Å². The summed E-state index contributed by atoms with van der Waals surface area (Å²) in [7, 11) is 0. The van der Waals surface area contributed by atoms with Crippen molar-refractivity contribution in [2.45, 2.75) is 13.8 Å². The van der Waals surface area contributed by atoms with E-state index in [4.69, 9.17) is 0 Å². The molecule has 0 spiro atoms. The van der Waals surface area contributed by atoms with Crippen molar-refractivity contribution in [2.75, 3.05) is 6.61 Å². The van der Waals surface area contributed by atoms with E-state index >= 15 is 0 Å². The second-order valence-corrected chi connectivity index (χ2v) is 3.30. The number of aryl methyl sites for hydroxylation is 1. The SMILES string of the molecule is CCOC(=O)C(=O)/C=C(/O)c1ccc(C)nc1. The molecule has 17 heavy (non-hydrogen) atoms. The number of nitrogens with zero attached hydrogens (tertiary/aromatic N) is 1. The van der Waals surface area contributed by atoms with Gasteiger partial charge in [0, 0.05) is 23.5 Å². The highest BCUT2D eigenvalue weighted by atomic mass is 16.5. The Kier molecular flexibility index (Phi) is 4.39. The number of aromatic nitrogens is 1. The fraction of sp³-hybridized carbons (Fsp3) is 0.250. The van der Waals surface area contributed by atoms with Crippen molar-refractivity contribution in [3.63, 3.8) is 0 Å². The largest absolute Gasteiger partial charge is 0.507 e. The lowest BCUT2D eigenvalue weighted by Crippen LogP contribution is -2.15. The number of hydrogen-bond donors (Lipinski definition) is 1. The molecule has 0 fully saturated rings. The molecule has 5 heteroatoms. The zero-order chi connectivity index (χ0) is 12.8. The van der Waals surface area contributed by atoms with Gasteiger partial charge < -0.3 is 9.84 Å². The number of ether oxygens (including phenoxy) is 1. The van der Waals surface area contributed by atoms with E-state index in [0.29, 0.717) is 5.56 Å². The van der Waals surface area contributed by atoms with E-state index in [1.807, 2.05) is 0 Å². The van der Waals surface area contributed by atoms with Crippen LogP contribution in [0.1, 0.15) is 18.2 Å². The van der Waals surface area contributed by atoms with Gasteiger partial charge in [0.15, 0.2) is 0 Å². The monoisotopic (exact) mass is 235 g/mol. The Morgan fingerprint density at radius 3 is 2.71 bits per heavy atom. The summed E-state index contributed by atoms with van der Waals surface area (Å²) in [5.74, 6) is -2.19. The normalized spacial score (nSPS) is 11.1. The number of aliphatic hydroxyl groups excluding tert-OH is 1. The summed E-state index contributed by atoms with van der Waals surface area (Å²) in [5, 5.41) is 9.59. The highest BCUT2D eigenvalue weighted by Crippen LogP contribution is 2.10. The van der Waals surface area contributed by atoms with Crippen molar-refractivity contribution in [1.82, 2.24) is 4.98 Å². The topological polar surface area (TPSA) is 76.5 Å². The molecular weight excluding hydrogens is 222 g/mol. The zero-order valence-electron chi connectivity index (χ0n) is 9.64. The number of aliphatic hydroxyl groups is 1. The molecule has 0 bridgehead atoms. The van der Waals surface area contributed by atoms with Crippen molar-refractivity contribution in [2.24, 2.45) is 0 Å². The first-order chi connectivity index (χ1) is 8.04. The van der Waals surface area contributed by atoms with Gasteiger partial charge in [-0.15, -0.1) is 0 Å². The van der Waals surface area contributed by atoms with Gasteiger partial charge in [0.2, 0.25) is 0 Å². The highest BCUT2D eigenvalue weighted by molar-refractivity contribution is 6.39. The van der Waals surface area contributed by atoms with Crippen molar-refractivity contribution in [1.29, 1.82) is 0 Å². The summed E-state index contributed by atoms with van der Waals surface area (Å²) in [6.45, 7) is 3.51. The Bertz CT molecular complexity index is 448. The average molecular weight is 235 g/mol. The molecule has 0 radical (unpaired) electrons. The van der Waals surface area contributed by atoms with E-state index in [1.54, 1.807) is 26.0 Å². The van der Waals surface area contributed by atoms with Crippen LogP contribution in [0.4, 0.5) is 0 Å². The number of ketones is 1. The minimum atomic E-state index is -0.987. The van der Waals surface area contributed by atoms with E-state index in [-0.39, 0.29) is 12.4 Å². The highest BCUT2D eigenvalue weighted by Gasteiger charge is 2.13. The molecule has 1 aromatic heterocycles. The first-order valence-electron chi connectivity index (χ1n) is 5.09. The Balaban J connectivity index is 2.82. The van der Waals surface area contributed by atoms with Gasteiger partial charge in [-0.25, -0.2) is 4.79 Å². The van der Waals surface area contributed by atoms with Gasteiger partial charge >= 0.3 is 5.97 Å². The van der Waals surface area contributed by atoms with Crippen LogP contribution < -0.4 is 0 Å². The fourth-order valence-corrected chi connectivity index (χ4v) is 1.09. The Hall–Kier alpha value is -2.17. The summed E-state index contributed by atoms with van der Waals surface area (Å²) >= 11 is 0. The molecule has 1 rings (SSSR count). The molecule has 0 atom stereocenters. The first-order valence-corrected chi connectivity index (χ1v) is 5.09. The summed E-state index contributed by atoms with van der Waals surface area (Å²) in [6, 6.07) is 3.29.